The largest absolute Gasteiger partial charge is 0.354 e. The summed E-state index contributed by atoms with van der Waals surface area (Å²) in [5, 5.41) is 7.83. The van der Waals surface area contributed by atoms with Gasteiger partial charge in [-0.05, 0) is 25.3 Å². The van der Waals surface area contributed by atoms with Crippen molar-refractivity contribution in [3.8, 4) is 0 Å². The number of rotatable bonds is 8. The van der Waals surface area contributed by atoms with Gasteiger partial charge >= 0.3 is 0 Å². The minimum absolute atomic E-state index is 0.0820. The topological polar surface area (TPSA) is 79.6 Å². The summed E-state index contributed by atoms with van der Waals surface area (Å²) in [6.45, 7) is 4.86. The van der Waals surface area contributed by atoms with E-state index in [1.54, 1.807) is 11.9 Å². The molecule has 0 spiro atoms. The molecule has 0 saturated carbocycles. The summed E-state index contributed by atoms with van der Waals surface area (Å²) >= 11 is 1.31. The lowest BCUT2D eigenvalue weighted by Crippen LogP contribution is -2.36. The van der Waals surface area contributed by atoms with Crippen molar-refractivity contribution in [2.75, 3.05) is 25.0 Å². The zero-order valence-electron chi connectivity index (χ0n) is 16.4. The van der Waals surface area contributed by atoms with Gasteiger partial charge in [-0.1, -0.05) is 54.5 Å². The number of hydrogen-bond donors (Lipinski definition) is 1. The van der Waals surface area contributed by atoms with Gasteiger partial charge in [-0.15, -0.1) is 5.10 Å². The highest BCUT2D eigenvalue weighted by atomic mass is 32.1. The molecule has 3 rings (SSSR count). The molecule has 2 aromatic heterocycles. The fourth-order valence-electron chi connectivity index (χ4n) is 2.94. The zero-order valence-corrected chi connectivity index (χ0v) is 17.3. The highest BCUT2D eigenvalue weighted by Gasteiger charge is 2.14. The number of likely N-dealkylation sites (N-methyl/N-ethyl adjacent to an activating group) is 1. The Bertz CT molecular complexity index is 1030. The standard InChI is InChI=1S/C20H25N5O2S/c1-4-6-16-12-18(27)25-19(22-16)28-20(23-25)24(3)13-17(26)21-10-9-15-8-5-7-14(2)11-15/h5,7-8,11-12H,4,6,9-10,13H2,1-3H3,(H,21,26). The molecule has 148 valence electrons. The van der Waals surface area contributed by atoms with E-state index in [1.165, 1.54) is 33.0 Å². The van der Waals surface area contributed by atoms with Gasteiger partial charge in [0.1, 0.15) is 0 Å². The average Bonchev–Trinajstić information content (AvgIpc) is 3.07. The molecule has 1 aromatic carbocycles. The van der Waals surface area contributed by atoms with E-state index in [1.807, 2.05) is 13.0 Å². The molecule has 0 radical (unpaired) electrons. The first-order valence-corrected chi connectivity index (χ1v) is 10.2. The van der Waals surface area contributed by atoms with E-state index in [4.69, 9.17) is 0 Å². The number of nitrogens with zero attached hydrogens (tertiary/aromatic N) is 4. The summed E-state index contributed by atoms with van der Waals surface area (Å²) in [5.74, 6) is -0.0820. The van der Waals surface area contributed by atoms with Crippen molar-refractivity contribution in [1.82, 2.24) is 19.9 Å². The Morgan fingerprint density at radius 1 is 1.29 bits per heavy atom. The first kappa shape index (κ1) is 20.0. The number of aryl methyl sites for hydroxylation is 2. The van der Waals surface area contributed by atoms with E-state index >= 15 is 0 Å². The van der Waals surface area contributed by atoms with Crippen LogP contribution >= 0.6 is 11.3 Å². The summed E-state index contributed by atoms with van der Waals surface area (Å²) in [6, 6.07) is 9.79. The molecule has 0 bridgehead atoms. The average molecular weight is 400 g/mol. The number of amides is 1. The number of benzene rings is 1. The first-order chi connectivity index (χ1) is 13.5. The molecule has 8 heteroatoms. The molecule has 28 heavy (non-hydrogen) atoms. The third-order valence-corrected chi connectivity index (χ3v) is 5.34. The molecule has 1 N–H and O–H groups in total. The van der Waals surface area contributed by atoms with Crippen molar-refractivity contribution in [2.45, 2.75) is 33.1 Å². The Labute approximate surface area is 168 Å². The SMILES string of the molecule is CCCc1cc(=O)n2nc(N(C)CC(=O)NCCc3cccc(C)c3)sc2n1. The van der Waals surface area contributed by atoms with Crippen molar-refractivity contribution in [1.29, 1.82) is 0 Å². The lowest BCUT2D eigenvalue weighted by Gasteiger charge is -2.14. The van der Waals surface area contributed by atoms with Gasteiger partial charge in [0.2, 0.25) is 16.0 Å². The van der Waals surface area contributed by atoms with E-state index in [9.17, 15) is 9.59 Å². The molecule has 2 heterocycles. The van der Waals surface area contributed by atoms with Gasteiger partial charge in [0.05, 0.1) is 6.54 Å². The molecule has 0 fully saturated rings. The maximum atomic E-state index is 12.2. The highest BCUT2D eigenvalue weighted by molar-refractivity contribution is 7.20. The minimum atomic E-state index is -0.188. The van der Waals surface area contributed by atoms with Crippen LogP contribution in [0.15, 0.2) is 35.1 Å². The zero-order chi connectivity index (χ0) is 20.1. The van der Waals surface area contributed by atoms with Crippen LogP contribution in [0.5, 0.6) is 0 Å². The van der Waals surface area contributed by atoms with Crippen molar-refractivity contribution >= 4 is 27.3 Å². The number of fused-ring (bicyclic) bond motifs is 1. The molecule has 0 aliphatic rings. The van der Waals surface area contributed by atoms with E-state index in [2.05, 4.69) is 40.5 Å². The van der Waals surface area contributed by atoms with Crippen molar-refractivity contribution in [3.63, 3.8) is 0 Å². The fraction of sp³-hybridized carbons (Fsp3) is 0.400. The summed E-state index contributed by atoms with van der Waals surface area (Å²) in [7, 11) is 1.79. The van der Waals surface area contributed by atoms with Crippen LogP contribution in [0.1, 0.15) is 30.2 Å². The lowest BCUT2D eigenvalue weighted by atomic mass is 10.1. The number of hydrogen-bond acceptors (Lipinski definition) is 6. The van der Waals surface area contributed by atoms with Crippen molar-refractivity contribution < 1.29 is 4.79 Å². The van der Waals surface area contributed by atoms with Crippen LogP contribution in [0.3, 0.4) is 0 Å². The first-order valence-electron chi connectivity index (χ1n) is 9.39. The molecule has 3 aromatic rings. The predicted molar refractivity (Wildman–Crippen MR) is 112 cm³/mol. The number of carbonyl (C=O) groups excluding carboxylic acids is 1. The summed E-state index contributed by atoms with van der Waals surface area (Å²) in [5.41, 5.74) is 3.00. The van der Waals surface area contributed by atoms with Crippen molar-refractivity contribution in [3.05, 3.63) is 57.5 Å². The van der Waals surface area contributed by atoms with Crippen molar-refractivity contribution in [2.24, 2.45) is 0 Å². The minimum Gasteiger partial charge on any atom is -0.354 e. The van der Waals surface area contributed by atoms with Crippen LogP contribution in [0.2, 0.25) is 0 Å². The monoisotopic (exact) mass is 399 g/mol. The maximum absolute atomic E-state index is 12.2. The molecule has 0 atom stereocenters. The molecular weight excluding hydrogens is 374 g/mol. The molecular formula is C20H25N5O2S. The molecule has 0 aliphatic heterocycles. The second-order valence-corrected chi connectivity index (χ2v) is 7.79. The second kappa shape index (κ2) is 8.97. The molecule has 0 saturated heterocycles. The molecule has 1 amide bonds. The Balaban J connectivity index is 1.59. The van der Waals surface area contributed by atoms with Gasteiger partial charge in [-0.2, -0.15) is 4.52 Å². The second-order valence-electron chi connectivity index (χ2n) is 6.86. The van der Waals surface area contributed by atoms with E-state index < -0.39 is 0 Å². The molecule has 0 aliphatic carbocycles. The van der Waals surface area contributed by atoms with Gasteiger partial charge in [0.25, 0.3) is 5.56 Å². The van der Waals surface area contributed by atoms with E-state index in [-0.39, 0.29) is 18.0 Å². The third kappa shape index (κ3) is 4.95. The van der Waals surface area contributed by atoms with E-state index in [0.29, 0.717) is 16.6 Å². The Kier molecular flexibility index (Phi) is 6.41. The van der Waals surface area contributed by atoms with Gasteiger partial charge in [0, 0.05) is 25.4 Å². The quantitative estimate of drug-likeness (QED) is 0.628. The van der Waals surface area contributed by atoms with E-state index in [0.717, 1.165) is 25.0 Å². The predicted octanol–water partition coefficient (Wildman–Crippen LogP) is 2.21. The van der Waals surface area contributed by atoms with Crippen LogP contribution in [-0.2, 0) is 17.6 Å². The summed E-state index contributed by atoms with van der Waals surface area (Å²) < 4.78 is 1.30. The van der Waals surface area contributed by atoms with Gasteiger partial charge in [0.15, 0.2) is 0 Å². The Morgan fingerprint density at radius 3 is 2.86 bits per heavy atom. The summed E-state index contributed by atoms with van der Waals surface area (Å²) in [6.07, 6.45) is 2.48. The normalized spacial score (nSPS) is 11.0. The molecule has 7 nitrogen and oxygen atoms in total. The number of nitrogens with one attached hydrogen (secondary N) is 1. The van der Waals surface area contributed by atoms with Crippen LogP contribution in [-0.4, -0.2) is 40.6 Å². The third-order valence-electron chi connectivity index (χ3n) is 4.32. The fourth-order valence-corrected chi connectivity index (χ4v) is 3.82. The Hall–Kier alpha value is -2.74. The Morgan fingerprint density at radius 2 is 2.11 bits per heavy atom. The highest BCUT2D eigenvalue weighted by Crippen LogP contribution is 2.20. The summed E-state index contributed by atoms with van der Waals surface area (Å²) in [4.78, 5) is 31.2. The number of carbonyl (C=O) groups is 1. The van der Waals surface area contributed by atoms with Gasteiger partial charge < -0.3 is 10.2 Å². The molecule has 0 unspecified atom stereocenters. The van der Waals surface area contributed by atoms with Gasteiger partial charge in [-0.25, -0.2) is 4.98 Å². The maximum Gasteiger partial charge on any atom is 0.275 e. The van der Waals surface area contributed by atoms with Crippen LogP contribution in [0.25, 0.3) is 4.96 Å². The van der Waals surface area contributed by atoms with Gasteiger partial charge in [-0.3, -0.25) is 9.59 Å². The number of aromatic nitrogens is 3. The van der Waals surface area contributed by atoms with Crippen LogP contribution in [0, 0.1) is 6.92 Å². The smallest absolute Gasteiger partial charge is 0.275 e. The number of anilines is 1. The van der Waals surface area contributed by atoms with Crippen LogP contribution in [0.4, 0.5) is 5.13 Å². The lowest BCUT2D eigenvalue weighted by molar-refractivity contribution is -0.119. The van der Waals surface area contributed by atoms with Crippen LogP contribution < -0.4 is 15.8 Å².